The first kappa shape index (κ1) is 16.2. The zero-order chi connectivity index (χ0) is 15.2. The van der Waals surface area contributed by atoms with Gasteiger partial charge in [0, 0.05) is 15.6 Å². The summed E-state index contributed by atoms with van der Waals surface area (Å²) in [6.07, 6.45) is 0.969. The van der Waals surface area contributed by atoms with Crippen LogP contribution in [0.15, 0.2) is 42.5 Å². The van der Waals surface area contributed by atoms with Crippen molar-refractivity contribution in [1.82, 2.24) is 5.32 Å². The topological polar surface area (TPSA) is 21.3 Å². The van der Waals surface area contributed by atoms with Gasteiger partial charge in [-0.3, -0.25) is 0 Å². The van der Waals surface area contributed by atoms with Crippen LogP contribution in [0.5, 0.6) is 5.75 Å². The van der Waals surface area contributed by atoms with Crippen LogP contribution in [0.3, 0.4) is 0 Å². The van der Waals surface area contributed by atoms with Crippen LogP contribution in [0.1, 0.15) is 30.5 Å². The van der Waals surface area contributed by atoms with Gasteiger partial charge in [0.05, 0.1) is 12.6 Å². The van der Waals surface area contributed by atoms with Crippen molar-refractivity contribution in [3.63, 3.8) is 0 Å². The minimum absolute atomic E-state index is 0.0655. The Balaban J connectivity index is 2.44. The molecule has 0 spiro atoms. The third kappa shape index (κ3) is 3.91. The summed E-state index contributed by atoms with van der Waals surface area (Å²) >= 11 is 12.4. The van der Waals surface area contributed by atoms with Crippen molar-refractivity contribution < 1.29 is 4.74 Å². The average Bonchev–Trinajstić information content (AvgIpc) is 2.50. The number of halogens is 2. The fourth-order valence-corrected chi connectivity index (χ4v) is 2.68. The molecule has 0 heterocycles. The Kier molecular flexibility index (Phi) is 5.92. The van der Waals surface area contributed by atoms with Gasteiger partial charge in [-0.25, -0.2) is 0 Å². The van der Waals surface area contributed by atoms with E-state index in [-0.39, 0.29) is 6.04 Å². The molecule has 0 aliphatic rings. The van der Waals surface area contributed by atoms with Gasteiger partial charge < -0.3 is 10.1 Å². The van der Waals surface area contributed by atoms with Crippen molar-refractivity contribution in [2.45, 2.75) is 19.4 Å². The number of hydrogen-bond acceptors (Lipinski definition) is 2. The highest BCUT2D eigenvalue weighted by Gasteiger charge is 2.19. The molecule has 1 unspecified atom stereocenters. The summed E-state index contributed by atoms with van der Waals surface area (Å²) in [7, 11) is 1.90. The SMILES string of the molecule is CCCOc1ccccc1C(NC)c1cc(Cl)ccc1Cl. The van der Waals surface area contributed by atoms with Crippen molar-refractivity contribution >= 4 is 23.2 Å². The molecule has 0 saturated carbocycles. The molecule has 0 fully saturated rings. The lowest BCUT2D eigenvalue weighted by atomic mass is 9.98. The van der Waals surface area contributed by atoms with Crippen LogP contribution < -0.4 is 10.1 Å². The van der Waals surface area contributed by atoms with E-state index in [0.29, 0.717) is 16.7 Å². The van der Waals surface area contributed by atoms with Gasteiger partial charge in [0.25, 0.3) is 0 Å². The second-order valence-corrected chi connectivity index (χ2v) is 5.62. The molecule has 2 aromatic rings. The molecule has 4 heteroatoms. The Morgan fingerprint density at radius 3 is 2.57 bits per heavy atom. The normalized spacial score (nSPS) is 12.2. The molecule has 0 amide bonds. The van der Waals surface area contributed by atoms with E-state index >= 15 is 0 Å². The predicted molar refractivity (Wildman–Crippen MR) is 89.6 cm³/mol. The Morgan fingerprint density at radius 2 is 1.86 bits per heavy atom. The number of nitrogens with one attached hydrogen (secondary N) is 1. The lowest BCUT2D eigenvalue weighted by Crippen LogP contribution is -2.19. The minimum atomic E-state index is -0.0655. The Labute approximate surface area is 136 Å². The second kappa shape index (κ2) is 7.69. The van der Waals surface area contributed by atoms with Gasteiger partial charge in [0.1, 0.15) is 5.75 Å². The summed E-state index contributed by atoms with van der Waals surface area (Å²) in [5.41, 5.74) is 2.00. The zero-order valence-electron chi connectivity index (χ0n) is 12.2. The Morgan fingerprint density at radius 1 is 1.10 bits per heavy atom. The predicted octanol–water partition coefficient (Wildman–Crippen LogP) is 5.09. The van der Waals surface area contributed by atoms with E-state index in [9.17, 15) is 0 Å². The zero-order valence-corrected chi connectivity index (χ0v) is 13.7. The maximum Gasteiger partial charge on any atom is 0.124 e. The van der Waals surface area contributed by atoms with Crippen LogP contribution in [-0.4, -0.2) is 13.7 Å². The van der Waals surface area contributed by atoms with Crippen molar-refractivity contribution in [3.8, 4) is 5.75 Å². The molecule has 0 aliphatic heterocycles. The van der Waals surface area contributed by atoms with Gasteiger partial charge in [-0.05, 0) is 43.3 Å². The fraction of sp³-hybridized carbons (Fsp3) is 0.294. The fourth-order valence-electron chi connectivity index (χ4n) is 2.28. The molecule has 1 atom stereocenters. The van der Waals surface area contributed by atoms with Crippen molar-refractivity contribution in [1.29, 1.82) is 0 Å². The average molecular weight is 324 g/mol. The number of hydrogen-bond donors (Lipinski definition) is 1. The van der Waals surface area contributed by atoms with E-state index in [1.54, 1.807) is 6.07 Å². The second-order valence-electron chi connectivity index (χ2n) is 4.77. The van der Waals surface area contributed by atoms with E-state index in [1.165, 1.54) is 0 Å². The summed E-state index contributed by atoms with van der Waals surface area (Å²) in [4.78, 5) is 0. The lowest BCUT2D eigenvalue weighted by Gasteiger charge is -2.21. The van der Waals surface area contributed by atoms with Crippen LogP contribution in [0.25, 0.3) is 0 Å². The summed E-state index contributed by atoms with van der Waals surface area (Å²) in [6, 6.07) is 13.4. The van der Waals surface area contributed by atoms with Crippen LogP contribution in [0.4, 0.5) is 0 Å². The van der Waals surface area contributed by atoms with Gasteiger partial charge in [-0.1, -0.05) is 48.3 Å². The molecular formula is C17H19Cl2NO. The Hall–Kier alpha value is -1.22. The van der Waals surface area contributed by atoms with Crippen molar-refractivity contribution in [3.05, 3.63) is 63.6 Å². The molecule has 112 valence electrons. The first-order valence-electron chi connectivity index (χ1n) is 7.01. The third-order valence-electron chi connectivity index (χ3n) is 3.25. The molecule has 0 aliphatic carbocycles. The van der Waals surface area contributed by atoms with Crippen molar-refractivity contribution in [2.75, 3.05) is 13.7 Å². The monoisotopic (exact) mass is 323 g/mol. The minimum Gasteiger partial charge on any atom is -0.493 e. The van der Waals surface area contributed by atoms with Crippen LogP contribution in [0.2, 0.25) is 10.0 Å². The summed E-state index contributed by atoms with van der Waals surface area (Å²) < 4.78 is 5.84. The molecule has 2 nitrogen and oxygen atoms in total. The summed E-state index contributed by atoms with van der Waals surface area (Å²) in [6.45, 7) is 2.78. The number of para-hydroxylation sites is 1. The number of ether oxygens (including phenoxy) is 1. The third-order valence-corrected chi connectivity index (χ3v) is 3.83. The highest BCUT2D eigenvalue weighted by Crippen LogP contribution is 2.34. The first-order valence-corrected chi connectivity index (χ1v) is 7.77. The molecular weight excluding hydrogens is 305 g/mol. The van der Waals surface area contributed by atoms with Gasteiger partial charge in [-0.15, -0.1) is 0 Å². The Bertz CT molecular complexity index is 601. The van der Waals surface area contributed by atoms with E-state index in [2.05, 4.69) is 12.2 Å². The van der Waals surface area contributed by atoms with E-state index in [0.717, 1.165) is 23.3 Å². The van der Waals surface area contributed by atoms with Crippen molar-refractivity contribution in [2.24, 2.45) is 0 Å². The summed E-state index contributed by atoms with van der Waals surface area (Å²) in [5.74, 6) is 0.870. The largest absolute Gasteiger partial charge is 0.493 e. The summed E-state index contributed by atoms with van der Waals surface area (Å²) in [5, 5.41) is 4.65. The van der Waals surface area contributed by atoms with Gasteiger partial charge >= 0.3 is 0 Å². The molecule has 1 N–H and O–H groups in total. The number of rotatable bonds is 6. The quantitative estimate of drug-likeness (QED) is 0.799. The van der Waals surface area contributed by atoms with E-state index in [1.807, 2.05) is 43.4 Å². The maximum absolute atomic E-state index is 6.34. The van der Waals surface area contributed by atoms with Gasteiger partial charge in [-0.2, -0.15) is 0 Å². The maximum atomic E-state index is 6.34. The highest BCUT2D eigenvalue weighted by atomic mass is 35.5. The van der Waals surface area contributed by atoms with E-state index in [4.69, 9.17) is 27.9 Å². The van der Waals surface area contributed by atoms with E-state index < -0.39 is 0 Å². The highest BCUT2D eigenvalue weighted by molar-refractivity contribution is 6.33. The standard InChI is InChI=1S/C17H19Cl2NO/c1-3-10-21-16-7-5-4-6-13(16)17(20-2)14-11-12(18)8-9-15(14)19/h4-9,11,17,20H,3,10H2,1-2H3. The van der Waals surface area contributed by atoms with Crippen LogP contribution in [0, 0.1) is 0 Å². The molecule has 2 rings (SSSR count). The smallest absolute Gasteiger partial charge is 0.124 e. The van der Waals surface area contributed by atoms with Gasteiger partial charge in [0.2, 0.25) is 0 Å². The number of benzene rings is 2. The van der Waals surface area contributed by atoms with Crippen LogP contribution in [-0.2, 0) is 0 Å². The molecule has 0 radical (unpaired) electrons. The molecule has 0 saturated heterocycles. The van der Waals surface area contributed by atoms with Gasteiger partial charge in [0.15, 0.2) is 0 Å². The lowest BCUT2D eigenvalue weighted by molar-refractivity contribution is 0.312. The molecule has 0 aromatic heterocycles. The van der Waals surface area contributed by atoms with Crippen LogP contribution >= 0.6 is 23.2 Å². The molecule has 2 aromatic carbocycles. The molecule has 0 bridgehead atoms. The molecule has 21 heavy (non-hydrogen) atoms. The first-order chi connectivity index (χ1) is 10.2.